The average molecular weight is 524 g/mol. The molecule has 0 saturated carbocycles. The molecular weight excluding hydrogens is 506 g/mol. The second kappa shape index (κ2) is 10.5. The van der Waals surface area contributed by atoms with Gasteiger partial charge in [0, 0.05) is 28.3 Å². The van der Waals surface area contributed by atoms with Crippen LogP contribution in [-0.2, 0) is 0 Å². The summed E-state index contributed by atoms with van der Waals surface area (Å²) in [6.07, 6.45) is 0. The fourth-order valence-electron chi connectivity index (χ4n) is 3.86. The summed E-state index contributed by atoms with van der Waals surface area (Å²) in [5, 5.41) is 23.0. The number of azo groups is 1. The lowest BCUT2D eigenvalue weighted by atomic mass is 10.0. The largest absolute Gasteiger partial charge is 0.299 e. The summed E-state index contributed by atoms with van der Waals surface area (Å²) < 4.78 is 1.23. The highest BCUT2D eigenvalue weighted by molar-refractivity contribution is 6.31. The van der Waals surface area contributed by atoms with Crippen LogP contribution in [-0.4, -0.2) is 20.5 Å². The first-order chi connectivity index (χ1) is 18.4. The fourth-order valence-corrected chi connectivity index (χ4v) is 4.03. The highest BCUT2D eigenvalue weighted by atomic mass is 35.5. The predicted octanol–water partition coefficient (Wildman–Crippen LogP) is 7.04. The first-order valence-corrected chi connectivity index (χ1v) is 11.8. The number of aromatic amines is 1. The number of rotatable bonds is 7. The maximum atomic E-state index is 13.5. The zero-order valence-electron chi connectivity index (χ0n) is 19.6. The molecule has 0 fully saturated rings. The van der Waals surface area contributed by atoms with Gasteiger partial charge >= 0.3 is 0 Å². The van der Waals surface area contributed by atoms with Crippen molar-refractivity contribution in [3.8, 4) is 16.9 Å². The molecule has 0 aliphatic heterocycles. The van der Waals surface area contributed by atoms with Gasteiger partial charge in [0.25, 0.3) is 11.2 Å². The maximum absolute atomic E-state index is 13.5. The number of halogens is 1. The van der Waals surface area contributed by atoms with Crippen molar-refractivity contribution in [2.24, 2.45) is 10.2 Å². The maximum Gasteiger partial charge on any atom is 0.299 e. The summed E-state index contributed by atoms with van der Waals surface area (Å²) in [7, 11) is 0. The lowest BCUT2D eigenvalue weighted by Gasteiger charge is -2.05. The molecule has 0 radical (unpaired) electrons. The first kappa shape index (κ1) is 24.5. The van der Waals surface area contributed by atoms with Crippen LogP contribution in [0.4, 0.5) is 17.1 Å². The molecule has 186 valence electrons. The summed E-state index contributed by atoms with van der Waals surface area (Å²) in [6, 6.07) is 28.0. The molecule has 38 heavy (non-hydrogen) atoms. The van der Waals surface area contributed by atoms with Crippen molar-refractivity contribution in [1.29, 1.82) is 0 Å². The minimum Gasteiger partial charge on any atom is -0.289 e. The van der Waals surface area contributed by atoms with Gasteiger partial charge in [0.05, 0.1) is 27.6 Å². The van der Waals surface area contributed by atoms with E-state index < -0.39 is 10.5 Å². The second-order valence-corrected chi connectivity index (χ2v) is 8.61. The average Bonchev–Trinajstić information content (AvgIpc) is 3.28. The molecule has 0 aliphatic carbocycles. The summed E-state index contributed by atoms with van der Waals surface area (Å²) in [5.41, 5.74) is 1.76. The van der Waals surface area contributed by atoms with Crippen LogP contribution >= 0.6 is 11.6 Å². The van der Waals surface area contributed by atoms with E-state index in [0.29, 0.717) is 27.5 Å². The van der Waals surface area contributed by atoms with Crippen LogP contribution in [0.15, 0.2) is 118 Å². The molecule has 0 atom stereocenters. The number of nitrogens with zero attached hydrogens (tertiary/aromatic N) is 4. The van der Waals surface area contributed by atoms with Crippen molar-refractivity contribution < 1.29 is 9.72 Å². The Labute approximate surface area is 220 Å². The predicted molar refractivity (Wildman–Crippen MR) is 144 cm³/mol. The standard InChI is InChI=1S/C28H18ClN5O4/c29-20-11-16-24(23(17-20)27(35)19-9-5-2-6-10-19)30-31-26-25(18-7-3-1-4-8-18)32-33(28(26)36)21-12-14-22(15-13-21)34(37)38/h1-17,32H. The van der Waals surface area contributed by atoms with Crippen LogP contribution in [0.1, 0.15) is 15.9 Å². The van der Waals surface area contributed by atoms with Gasteiger partial charge in [-0.15, -0.1) is 10.2 Å². The molecule has 1 aromatic heterocycles. The molecule has 10 heteroatoms. The van der Waals surface area contributed by atoms with Crippen molar-refractivity contribution in [2.45, 2.75) is 0 Å². The van der Waals surface area contributed by atoms with E-state index in [1.54, 1.807) is 48.5 Å². The number of H-pyrrole nitrogens is 1. The van der Waals surface area contributed by atoms with Crippen molar-refractivity contribution in [3.63, 3.8) is 0 Å². The monoisotopic (exact) mass is 523 g/mol. The fraction of sp³-hybridized carbons (Fsp3) is 0. The van der Waals surface area contributed by atoms with Crippen LogP contribution in [0, 0.1) is 10.1 Å². The number of nitro benzene ring substituents is 1. The Morgan fingerprint density at radius 1 is 0.868 bits per heavy atom. The molecular formula is C28H18ClN5O4. The van der Waals surface area contributed by atoms with Gasteiger partial charge < -0.3 is 0 Å². The highest BCUT2D eigenvalue weighted by Crippen LogP contribution is 2.31. The third kappa shape index (κ3) is 4.91. The van der Waals surface area contributed by atoms with E-state index in [-0.39, 0.29) is 28.4 Å². The minimum absolute atomic E-state index is 0.00242. The molecule has 0 amide bonds. The Hall–Kier alpha value is -5.15. The van der Waals surface area contributed by atoms with E-state index in [9.17, 15) is 19.7 Å². The highest BCUT2D eigenvalue weighted by Gasteiger charge is 2.19. The van der Waals surface area contributed by atoms with E-state index >= 15 is 0 Å². The molecule has 5 rings (SSSR count). The smallest absolute Gasteiger partial charge is 0.289 e. The molecule has 0 bridgehead atoms. The normalized spacial score (nSPS) is 11.1. The minimum atomic E-state index is -0.522. The Balaban J connectivity index is 1.61. The topological polar surface area (TPSA) is 123 Å². The van der Waals surface area contributed by atoms with Crippen LogP contribution in [0.25, 0.3) is 16.9 Å². The number of nitro groups is 1. The molecule has 0 unspecified atom stereocenters. The summed E-state index contributed by atoms with van der Waals surface area (Å²) in [6.45, 7) is 0. The van der Waals surface area contributed by atoms with Gasteiger partial charge in [-0.1, -0.05) is 72.3 Å². The summed E-state index contributed by atoms with van der Waals surface area (Å²) in [5.74, 6) is -0.289. The molecule has 0 aliphatic rings. The Morgan fingerprint density at radius 2 is 1.53 bits per heavy atom. The molecule has 9 nitrogen and oxygen atoms in total. The van der Waals surface area contributed by atoms with Crippen molar-refractivity contribution in [3.05, 3.63) is 140 Å². The van der Waals surface area contributed by atoms with E-state index in [2.05, 4.69) is 15.3 Å². The van der Waals surface area contributed by atoms with Gasteiger partial charge in [0.15, 0.2) is 11.5 Å². The lowest BCUT2D eigenvalue weighted by molar-refractivity contribution is -0.384. The zero-order chi connectivity index (χ0) is 26.6. The molecule has 4 aromatic carbocycles. The third-order valence-corrected chi connectivity index (χ3v) is 5.98. The quantitative estimate of drug-likeness (QED) is 0.106. The number of carbonyl (C=O) groups excluding carboxylic acids is 1. The molecule has 1 N–H and O–H groups in total. The number of hydrogen-bond acceptors (Lipinski definition) is 6. The van der Waals surface area contributed by atoms with Crippen molar-refractivity contribution in [1.82, 2.24) is 9.78 Å². The van der Waals surface area contributed by atoms with Crippen molar-refractivity contribution >= 4 is 34.4 Å². The lowest BCUT2D eigenvalue weighted by Crippen LogP contribution is -2.13. The SMILES string of the molecule is O=C(c1ccccc1)c1cc(Cl)ccc1N=Nc1c(-c2ccccc2)[nH]n(-c2ccc([N+](=O)[O-])cc2)c1=O. The van der Waals surface area contributed by atoms with Gasteiger partial charge in [0.1, 0.15) is 0 Å². The molecule has 0 saturated heterocycles. The third-order valence-electron chi connectivity index (χ3n) is 5.74. The second-order valence-electron chi connectivity index (χ2n) is 8.17. The summed E-state index contributed by atoms with van der Waals surface area (Å²) >= 11 is 6.17. The van der Waals surface area contributed by atoms with Gasteiger partial charge in [-0.05, 0) is 30.3 Å². The Morgan fingerprint density at radius 3 is 2.18 bits per heavy atom. The Kier molecular flexibility index (Phi) is 6.75. The number of nitrogens with one attached hydrogen (secondary N) is 1. The van der Waals surface area contributed by atoms with Crippen LogP contribution in [0.2, 0.25) is 5.02 Å². The number of non-ortho nitro benzene ring substituents is 1. The zero-order valence-corrected chi connectivity index (χ0v) is 20.4. The molecule has 1 heterocycles. The first-order valence-electron chi connectivity index (χ1n) is 11.4. The number of benzene rings is 4. The van der Waals surface area contributed by atoms with Crippen LogP contribution in [0.5, 0.6) is 0 Å². The number of hydrogen-bond donors (Lipinski definition) is 1. The van der Waals surface area contributed by atoms with Gasteiger partial charge in [-0.3, -0.25) is 24.8 Å². The Bertz CT molecular complexity index is 1730. The van der Waals surface area contributed by atoms with E-state index in [4.69, 9.17) is 11.6 Å². The number of carbonyl (C=O) groups is 1. The molecule has 5 aromatic rings. The summed E-state index contributed by atoms with van der Waals surface area (Å²) in [4.78, 5) is 37.1. The van der Waals surface area contributed by atoms with Crippen LogP contribution in [0.3, 0.4) is 0 Å². The van der Waals surface area contributed by atoms with Gasteiger partial charge in [-0.25, -0.2) is 4.68 Å². The van der Waals surface area contributed by atoms with E-state index in [1.807, 2.05) is 24.3 Å². The molecule has 0 spiro atoms. The van der Waals surface area contributed by atoms with Gasteiger partial charge in [-0.2, -0.15) is 0 Å². The van der Waals surface area contributed by atoms with E-state index in [1.165, 1.54) is 35.0 Å². The number of ketones is 1. The van der Waals surface area contributed by atoms with Gasteiger partial charge in [0.2, 0.25) is 0 Å². The van der Waals surface area contributed by atoms with Crippen molar-refractivity contribution in [2.75, 3.05) is 0 Å². The number of aromatic nitrogens is 2. The van der Waals surface area contributed by atoms with Crippen LogP contribution < -0.4 is 5.56 Å². The van der Waals surface area contributed by atoms with E-state index in [0.717, 1.165) is 0 Å².